The average molecular weight is 348 g/mol. The molecule has 122 valence electrons. The molecule has 1 aliphatic rings. The van der Waals surface area contributed by atoms with Gasteiger partial charge in [0.05, 0.1) is 13.5 Å². The normalized spacial score (nSPS) is 19.8. The van der Waals surface area contributed by atoms with Crippen molar-refractivity contribution in [3.63, 3.8) is 0 Å². The van der Waals surface area contributed by atoms with Crippen molar-refractivity contribution >= 4 is 27.6 Å². The first-order valence-corrected chi connectivity index (χ1v) is 8.75. The van der Waals surface area contributed by atoms with E-state index >= 15 is 0 Å². The molecule has 0 amide bonds. The highest BCUT2D eigenvalue weighted by molar-refractivity contribution is 7.89. The molecule has 0 saturated carbocycles. The van der Waals surface area contributed by atoms with Crippen molar-refractivity contribution < 1.29 is 23.1 Å². The van der Waals surface area contributed by atoms with Gasteiger partial charge in [0.1, 0.15) is 10.6 Å². The Labute approximate surface area is 134 Å². The molecule has 1 unspecified atom stereocenters. The average Bonchev–Trinajstić information content (AvgIpc) is 2.47. The standard InChI is InChI=1S/C14H18ClNO5S/c1-21-12-6-5-10(15)8-13(12)22(19,20)16-7-3-2-4-11(16)9-14(17)18/h5-6,8,11H,2-4,7,9H2,1H3,(H,17,18). The second kappa shape index (κ2) is 6.85. The Morgan fingerprint density at radius 2 is 2.18 bits per heavy atom. The number of rotatable bonds is 5. The molecule has 1 fully saturated rings. The molecular formula is C14H18ClNO5S. The number of sulfonamides is 1. The van der Waals surface area contributed by atoms with Crippen LogP contribution in [0.5, 0.6) is 5.75 Å². The van der Waals surface area contributed by atoms with Crippen molar-refractivity contribution in [2.75, 3.05) is 13.7 Å². The fourth-order valence-corrected chi connectivity index (χ4v) is 4.79. The summed E-state index contributed by atoms with van der Waals surface area (Å²) in [6.45, 7) is 0.302. The fraction of sp³-hybridized carbons (Fsp3) is 0.500. The zero-order chi connectivity index (χ0) is 16.3. The monoisotopic (exact) mass is 347 g/mol. The second-order valence-electron chi connectivity index (χ2n) is 5.16. The lowest BCUT2D eigenvalue weighted by molar-refractivity contribution is -0.138. The highest BCUT2D eigenvalue weighted by Crippen LogP contribution is 2.33. The number of carboxylic acid groups (broad SMARTS) is 1. The van der Waals surface area contributed by atoms with Crippen molar-refractivity contribution in [3.05, 3.63) is 23.2 Å². The number of nitrogens with zero attached hydrogens (tertiary/aromatic N) is 1. The number of benzene rings is 1. The number of hydrogen-bond donors (Lipinski definition) is 1. The van der Waals surface area contributed by atoms with Crippen LogP contribution in [0.4, 0.5) is 0 Å². The van der Waals surface area contributed by atoms with Crippen LogP contribution in [0.1, 0.15) is 25.7 Å². The number of carboxylic acids is 1. The van der Waals surface area contributed by atoms with Crippen LogP contribution < -0.4 is 4.74 Å². The van der Waals surface area contributed by atoms with Gasteiger partial charge in [-0.15, -0.1) is 0 Å². The molecule has 1 heterocycles. The van der Waals surface area contributed by atoms with E-state index in [-0.39, 0.29) is 22.1 Å². The van der Waals surface area contributed by atoms with E-state index in [2.05, 4.69) is 0 Å². The van der Waals surface area contributed by atoms with Gasteiger partial charge in [-0.2, -0.15) is 4.31 Å². The summed E-state index contributed by atoms with van der Waals surface area (Å²) in [7, 11) is -2.48. The van der Waals surface area contributed by atoms with Gasteiger partial charge in [-0.3, -0.25) is 4.79 Å². The van der Waals surface area contributed by atoms with Crippen LogP contribution in [0.2, 0.25) is 5.02 Å². The van der Waals surface area contributed by atoms with E-state index in [0.717, 1.165) is 6.42 Å². The molecule has 0 aliphatic carbocycles. The van der Waals surface area contributed by atoms with E-state index in [1.165, 1.54) is 23.5 Å². The Balaban J connectivity index is 2.43. The maximum Gasteiger partial charge on any atom is 0.304 e. The van der Waals surface area contributed by atoms with Gasteiger partial charge < -0.3 is 9.84 Å². The van der Waals surface area contributed by atoms with E-state index in [9.17, 15) is 13.2 Å². The van der Waals surface area contributed by atoms with Gasteiger partial charge in [0, 0.05) is 17.6 Å². The van der Waals surface area contributed by atoms with Crippen LogP contribution in [0.25, 0.3) is 0 Å². The van der Waals surface area contributed by atoms with Crippen LogP contribution in [0.15, 0.2) is 23.1 Å². The molecule has 1 aliphatic heterocycles. The Hall–Kier alpha value is -1.31. The van der Waals surface area contributed by atoms with Crippen LogP contribution in [0, 0.1) is 0 Å². The topological polar surface area (TPSA) is 83.9 Å². The summed E-state index contributed by atoms with van der Waals surface area (Å²) in [5.41, 5.74) is 0. The molecule has 8 heteroatoms. The molecule has 1 N–H and O–H groups in total. The zero-order valence-electron chi connectivity index (χ0n) is 12.2. The maximum atomic E-state index is 12.9. The molecule has 0 spiro atoms. The maximum absolute atomic E-state index is 12.9. The molecule has 0 radical (unpaired) electrons. The summed E-state index contributed by atoms with van der Waals surface area (Å²) in [6.07, 6.45) is 1.85. The molecule has 2 rings (SSSR count). The van der Waals surface area contributed by atoms with Crippen molar-refractivity contribution in [1.82, 2.24) is 4.31 Å². The first-order chi connectivity index (χ1) is 10.4. The molecule has 1 aromatic carbocycles. The molecule has 22 heavy (non-hydrogen) atoms. The van der Waals surface area contributed by atoms with E-state index in [1.54, 1.807) is 6.07 Å². The minimum atomic E-state index is -3.86. The largest absolute Gasteiger partial charge is 0.495 e. The third kappa shape index (κ3) is 3.53. The lowest BCUT2D eigenvalue weighted by Gasteiger charge is -2.34. The Bertz CT molecular complexity index is 661. The lowest BCUT2D eigenvalue weighted by atomic mass is 10.0. The minimum absolute atomic E-state index is 0.0280. The SMILES string of the molecule is COc1ccc(Cl)cc1S(=O)(=O)N1CCCCC1CC(=O)O. The van der Waals surface area contributed by atoms with Gasteiger partial charge in [0.25, 0.3) is 0 Å². The summed E-state index contributed by atoms with van der Waals surface area (Å²) < 4.78 is 32.2. The summed E-state index contributed by atoms with van der Waals surface area (Å²) in [4.78, 5) is 11.0. The molecule has 1 atom stereocenters. The molecule has 1 saturated heterocycles. The van der Waals surface area contributed by atoms with Crippen molar-refractivity contribution in [1.29, 1.82) is 0 Å². The third-order valence-corrected chi connectivity index (χ3v) is 5.90. The van der Waals surface area contributed by atoms with Crippen molar-refractivity contribution in [3.8, 4) is 5.75 Å². The van der Waals surface area contributed by atoms with Gasteiger partial charge in [0.15, 0.2) is 0 Å². The number of aliphatic carboxylic acids is 1. The molecular weight excluding hydrogens is 330 g/mol. The lowest BCUT2D eigenvalue weighted by Crippen LogP contribution is -2.44. The van der Waals surface area contributed by atoms with E-state index in [1.807, 2.05) is 0 Å². The zero-order valence-corrected chi connectivity index (χ0v) is 13.7. The number of carbonyl (C=O) groups is 1. The first kappa shape index (κ1) is 17.1. The van der Waals surface area contributed by atoms with Crippen LogP contribution in [0.3, 0.4) is 0 Å². The van der Waals surface area contributed by atoms with Gasteiger partial charge in [-0.05, 0) is 31.0 Å². The van der Waals surface area contributed by atoms with Crippen LogP contribution in [-0.2, 0) is 14.8 Å². The highest BCUT2D eigenvalue weighted by atomic mass is 35.5. The number of piperidine rings is 1. The Kier molecular flexibility index (Phi) is 5.31. The summed E-state index contributed by atoms with van der Waals surface area (Å²) in [5, 5.41) is 9.28. The van der Waals surface area contributed by atoms with Gasteiger partial charge in [-0.25, -0.2) is 8.42 Å². The first-order valence-electron chi connectivity index (χ1n) is 6.93. The summed E-state index contributed by atoms with van der Waals surface area (Å²) in [6, 6.07) is 3.83. The highest BCUT2D eigenvalue weighted by Gasteiger charge is 2.36. The predicted octanol–water partition coefficient (Wildman–Crippen LogP) is 2.37. The quantitative estimate of drug-likeness (QED) is 0.884. The van der Waals surface area contributed by atoms with Gasteiger partial charge in [-0.1, -0.05) is 18.0 Å². The van der Waals surface area contributed by atoms with Crippen LogP contribution >= 0.6 is 11.6 Å². The number of hydrogen-bond acceptors (Lipinski definition) is 4. The number of ether oxygens (including phenoxy) is 1. The smallest absolute Gasteiger partial charge is 0.304 e. The summed E-state index contributed by atoms with van der Waals surface area (Å²) >= 11 is 5.91. The Morgan fingerprint density at radius 3 is 2.82 bits per heavy atom. The molecule has 1 aromatic rings. The fourth-order valence-electron chi connectivity index (χ4n) is 2.67. The number of methoxy groups -OCH3 is 1. The van der Waals surface area contributed by atoms with Crippen molar-refractivity contribution in [2.45, 2.75) is 36.6 Å². The van der Waals surface area contributed by atoms with E-state index < -0.39 is 22.0 Å². The third-order valence-electron chi connectivity index (χ3n) is 3.70. The van der Waals surface area contributed by atoms with E-state index in [4.69, 9.17) is 21.4 Å². The minimum Gasteiger partial charge on any atom is -0.495 e. The van der Waals surface area contributed by atoms with Crippen molar-refractivity contribution in [2.24, 2.45) is 0 Å². The molecule has 6 nitrogen and oxygen atoms in total. The number of halogens is 1. The predicted molar refractivity (Wildman–Crippen MR) is 81.8 cm³/mol. The molecule has 0 bridgehead atoms. The van der Waals surface area contributed by atoms with E-state index in [0.29, 0.717) is 19.4 Å². The molecule has 0 aromatic heterocycles. The Morgan fingerprint density at radius 1 is 1.45 bits per heavy atom. The second-order valence-corrected chi connectivity index (χ2v) is 7.45. The van der Waals surface area contributed by atoms with Crippen LogP contribution in [-0.4, -0.2) is 43.5 Å². The summed E-state index contributed by atoms with van der Waals surface area (Å²) in [5.74, 6) is -0.811. The van der Waals surface area contributed by atoms with Gasteiger partial charge in [0.2, 0.25) is 10.0 Å². The van der Waals surface area contributed by atoms with Gasteiger partial charge >= 0.3 is 5.97 Å².